The molecule has 0 aromatic heterocycles. The van der Waals surface area contributed by atoms with E-state index in [4.69, 9.17) is 20.3 Å². The number of amides is 1. The Morgan fingerprint density at radius 2 is 2.03 bits per heavy atom. The maximum Gasteiger partial charge on any atom is 0.265 e. The molecule has 2 aromatic carbocycles. The lowest BCUT2D eigenvalue weighted by Crippen LogP contribution is -2.53. The highest BCUT2D eigenvalue weighted by molar-refractivity contribution is 6.01. The van der Waals surface area contributed by atoms with Crippen molar-refractivity contribution in [3.63, 3.8) is 0 Å². The maximum absolute atomic E-state index is 12.1. The van der Waals surface area contributed by atoms with Crippen LogP contribution in [0.25, 0.3) is 0 Å². The largest absolute Gasteiger partial charge is 0.489 e. The van der Waals surface area contributed by atoms with E-state index >= 15 is 0 Å². The highest BCUT2D eigenvalue weighted by Crippen LogP contribution is 2.36. The van der Waals surface area contributed by atoms with Crippen molar-refractivity contribution in [1.29, 1.82) is 0 Å². The first-order chi connectivity index (χ1) is 17.0. The molecule has 2 unspecified atom stereocenters. The van der Waals surface area contributed by atoms with Crippen LogP contribution in [0.2, 0.25) is 0 Å². The molecule has 3 N–H and O–H groups in total. The average Bonchev–Trinajstić information content (AvgIpc) is 3.14. The van der Waals surface area contributed by atoms with Gasteiger partial charge < -0.3 is 14.8 Å². The number of hydrogen-bond acceptors (Lipinski definition) is 6. The highest BCUT2D eigenvalue weighted by Gasteiger charge is 2.44. The number of nitrogens with two attached hydrogens (primary N) is 1. The van der Waals surface area contributed by atoms with Crippen molar-refractivity contribution in [3.05, 3.63) is 107 Å². The summed E-state index contributed by atoms with van der Waals surface area (Å²) >= 11 is 0. The number of fused-ring (bicyclic) bond motifs is 1. The Kier molecular flexibility index (Phi) is 6.00. The van der Waals surface area contributed by atoms with Crippen molar-refractivity contribution < 1.29 is 18.9 Å². The summed E-state index contributed by atoms with van der Waals surface area (Å²) in [5.74, 6) is 7.97. The summed E-state index contributed by atoms with van der Waals surface area (Å²) in [4.78, 5) is 21.3. The molecule has 0 saturated carbocycles. The molecule has 35 heavy (non-hydrogen) atoms. The van der Waals surface area contributed by atoms with Gasteiger partial charge in [-0.05, 0) is 42.8 Å². The van der Waals surface area contributed by atoms with Crippen LogP contribution in [0.5, 0.6) is 5.75 Å². The molecule has 176 valence electrons. The molecule has 0 saturated heterocycles. The van der Waals surface area contributed by atoms with E-state index < -0.39 is 6.10 Å². The summed E-state index contributed by atoms with van der Waals surface area (Å²) in [6, 6.07) is 15.2. The van der Waals surface area contributed by atoms with Gasteiger partial charge in [0.05, 0.1) is 18.0 Å². The summed E-state index contributed by atoms with van der Waals surface area (Å²) in [7, 11) is 1.50. The Balaban J connectivity index is 1.33. The second-order valence-corrected chi connectivity index (χ2v) is 8.39. The Labute approximate surface area is 203 Å². The van der Waals surface area contributed by atoms with Gasteiger partial charge in [0, 0.05) is 18.4 Å². The van der Waals surface area contributed by atoms with Crippen LogP contribution in [0.1, 0.15) is 18.1 Å². The lowest BCUT2D eigenvalue weighted by Gasteiger charge is -2.26. The van der Waals surface area contributed by atoms with Crippen LogP contribution >= 0.6 is 0 Å². The van der Waals surface area contributed by atoms with Gasteiger partial charge in [-0.15, -0.1) is 4.59 Å². The molecule has 0 spiro atoms. The number of nitrogens with zero attached hydrogens (tertiary/aromatic N) is 3. The van der Waals surface area contributed by atoms with Crippen molar-refractivity contribution in [2.24, 2.45) is 15.8 Å². The molecule has 3 aliphatic rings. The summed E-state index contributed by atoms with van der Waals surface area (Å²) in [5.41, 5.74) is 5.15. The number of methoxy groups -OCH3 is 1. The molecule has 2 aromatic rings. The molecule has 1 amide bonds. The van der Waals surface area contributed by atoms with Gasteiger partial charge in [0.15, 0.2) is 0 Å². The van der Waals surface area contributed by atoms with Crippen molar-refractivity contribution in [3.8, 4) is 5.75 Å². The van der Waals surface area contributed by atoms with E-state index in [0.717, 1.165) is 28.1 Å². The number of anilines is 1. The molecule has 0 bridgehead atoms. The van der Waals surface area contributed by atoms with Gasteiger partial charge in [0.1, 0.15) is 30.4 Å². The molecule has 8 nitrogen and oxygen atoms in total. The Bertz CT molecular complexity index is 1370. The van der Waals surface area contributed by atoms with Crippen molar-refractivity contribution in [2.45, 2.75) is 19.6 Å². The zero-order valence-corrected chi connectivity index (χ0v) is 19.5. The number of carbonyl (C=O) groups excluding carboxylic acids is 1. The minimum Gasteiger partial charge on any atom is -0.489 e. The standard InChI is InChI=1S/C27H25N5O3/c1-18(34-2)27(33)30-22-10-3-6-19(14-22)17-35-23-11-5-9-21(15-23)26-31-25(20-7-4-8-20)24-16-29-12-13-32(24,26)28/h3-16,18H,17,28H2,1-2H3/p+1. The number of benzene rings is 2. The van der Waals surface area contributed by atoms with Crippen LogP contribution in [0, 0.1) is 0 Å². The fourth-order valence-corrected chi connectivity index (χ4v) is 3.92. The number of allylic oxidation sites excluding steroid dienone is 4. The second-order valence-electron chi connectivity index (χ2n) is 8.39. The van der Waals surface area contributed by atoms with Gasteiger partial charge in [0.2, 0.25) is 5.70 Å². The van der Waals surface area contributed by atoms with E-state index in [-0.39, 0.29) is 10.5 Å². The monoisotopic (exact) mass is 468 g/mol. The predicted molar refractivity (Wildman–Crippen MR) is 135 cm³/mol. The van der Waals surface area contributed by atoms with Crippen LogP contribution in [-0.2, 0) is 16.1 Å². The van der Waals surface area contributed by atoms with Gasteiger partial charge in [-0.3, -0.25) is 9.79 Å². The van der Waals surface area contributed by atoms with E-state index in [1.54, 1.807) is 19.3 Å². The van der Waals surface area contributed by atoms with Crippen LogP contribution in [0.15, 0.2) is 106 Å². The lowest BCUT2D eigenvalue weighted by molar-refractivity contribution is -0.750. The zero-order valence-electron chi connectivity index (χ0n) is 19.5. The summed E-state index contributed by atoms with van der Waals surface area (Å²) < 4.78 is 11.1. The minimum atomic E-state index is -0.530. The number of amidine groups is 1. The van der Waals surface area contributed by atoms with E-state index in [2.05, 4.69) is 10.3 Å². The van der Waals surface area contributed by atoms with Gasteiger partial charge in [0.25, 0.3) is 11.7 Å². The molecule has 0 radical (unpaired) electrons. The topological polar surface area (TPSA) is 98.3 Å². The van der Waals surface area contributed by atoms with Crippen LogP contribution < -0.4 is 15.9 Å². The fourth-order valence-electron chi connectivity index (χ4n) is 3.92. The Morgan fingerprint density at radius 1 is 1.20 bits per heavy atom. The Morgan fingerprint density at radius 3 is 2.80 bits per heavy atom. The number of quaternary nitrogens is 1. The summed E-state index contributed by atoms with van der Waals surface area (Å²) in [6.07, 6.45) is 10.7. The molecular weight excluding hydrogens is 442 g/mol. The van der Waals surface area contributed by atoms with Crippen molar-refractivity contribution in [2.75, 3.05) is 12.4 Å². The first kappa shape index (κ1) is 22.7. The number of aliphatic imine (C=N–C) groups is 2. The fraction of sp³-hybridized carbons (Fsp3) is 0.148. The van der Waals surface area contributed by atoms with Crippen molar-refractivity contribution >= 4 is 23.6 Å². The molecule has 8 heteroatoms. The van der Waals surface area contributed by atoms with Crippen LogP contribution in [0.4, 0.5) is 5.69 Å². The highest BCUT2D eigenvalue weighted by atomic mass is 16.5. The van der Waals surface area contributed by atoms with Gasteiger partial charge in [-0.25, -0.2) is 0 Å². The molecule has 2 heterocycles. The third kappa shape index (κ3) is 4.38. The third-order valence-corrected chi connectivity index (χ3v) is 6.03. The van der Waals surface area contributed by atoms with E-state index in [9.17, 15) is 4.79 Å². The Hall–Kier alpha value is -4.11. The number of rotatable bonds is 8. The molecule has 0 fully saturated rings. The second kappa shape index (κ2) is 9.27. The van der Waals surface area contributed by atoms with E-state index in [1.165, 1.54) is 7.11 Å². The molecule has 5 rings (SSSR count). The summed E-state index contributed by atoms with van der Waals surface area (Å²) in [6.45, 7) is 2.03. The average molecular weight is 469 g/mol. The molecule has 2 aliphatic heterocycles. The van der Waals surface area contributed by atoms with E-state index in [0.29, 0.717) is 23.9 Å². The predicted octanol–water partition coefficient (Wildman–Crippen LogP) is 3.95. The first-order valence-corrected chi connectivity index (χ1v) is 11.2. The summed E-state index contributed by atoms with van der Waals surface area (Å²) in [5, 5.41) is 2.85. The van der Waals surface area contributed by atoms with Crippen LogP contribution in [-0.4, -0.2) is 35.8 Å². The smallest absolute Gasteiger partial charge is 0.265 e. The quantitative estimate of drug-likeness (QED) is 0.453. The lowest BCUT2D eigenvalue weighted by atomic mass is 10.0. The zero-order chi connectivity index (χ0) is 24.4. The molecule has 2 atom stereocenters. The molecular formula is C27H26N5O3+. The van der Waals surface area contributed by atoms with Gasteiger partial charge in [-0.2, -0.15) is 10.8 Å². The SMILES string of the molecule is COC(C)C(=O)Nc1cccc(COc2cccc(C3=NC(C4=CC=C4)=C4C=NC=C[N+]34N)c2)c1. The minimum absolute atomic E-state index is 0.0465. The maximum atomic E-state index is 12.1. The third-order valence-electron chi connectivity index (χ3n) is 6.03. The first-order valence-electron chi connectivity index (χ1n) is 11.2. The number of hydrogen-bond donors (Lipinski definition) is 2. The normalized spacial score (nSPS) is 20.7. The van der Waals surface area contributed by atoms with E-state index in [1.807, 2.05) is 73.0 Å². The molecule has 1 aliphatic carbocycles. The number of nitrogens with one attached hydrogen (secondary N) is 1. The van der Waals surface area contributed by atoms with Crippen molar-refractivity contribution in [1.82, 2.24) is 0 Å². The number of carbonyl (C=O) groups is 1. The van der Waals surface area contributed by atoms with Gasteiger partial charge in [-0.1, -0.05) is 36.4 Å². The van der Waals surface area contributed by atoms with Gasteiger partial charge >= 0.3 is 0 Å². The number of ether oxygens (including phenoxy) is 2. The van der Waals surface area contributed by atoms with Crippen LogP contribution in [0.3, 0.4) is 0 Å².